The van der Waals surface area contributed by atoms with Gasteiger partial charge in [0.25, 0.3) is 5.91 Å². The number of alkyl halides is 3. The number of carbonyl (C=O) groups excluding carboxylic acids is 3. The Bertz CT molecular complexity index is 1730. The van der Waals surface area contributed by atoms with Crippen LogP contribution in [0.5, 0.6) is 0 Å². The first kappa shape index (κ1) is 33.6. The van der Waals surface area contributed by atoms with E-state index in [9.17, 15) is 27.6 Å². The van der Waals surface area contributed by atoms with Crippen molar-refractivity contribution in [3.8, 4) is 11.3 Å². The average molecular weight is 672 g/mol. The van der Waals surface area contributed by atoms with Crippen LogP contribution >= 0.6 is 11.6 Å². The molecule has 2 atom stereocenters. The summed E-state index contributed by atoms with van der Waals surface area (Å²) in [5.41, 5.74) is 9.65. The molecular weight excluding hydrogens is 639 g/mol. The molecule has 1 aliphatic carbocycles. The summed E-state index contributed by atoms with van der Waals surface area (Å²) in [6.45, 7) is 5.16. The van der Waals surface area contributed by atoms with Crippen molar-refractivity contribution >= 4 is 35.5 Å². The molecule has 0 bridgehead atoms. The second-order valence-corrected chi connectivity index (χ2v) is 13.2. The molecule has 2 aromatic carbocycles. The minimum atomic E-state index is -4.67. The molecule has 47 heavy (non-hydrogen) atoms. The first-order valence-corrected chi connectivity index (χ1v) is 15.0. The third-order valence-electron chi connectivity index (χ3n) is 8.09. The molecule has 5 N–H and O–H groups in total. The Hall–Kier alpha value is -4.72. The quantitative estimate of drug-likeness (QED) is 0.280. The number of ether oxygens (including phenoxy) is 1. The number of nitrogens with zero attached hydrogens (tertiary/aromatic N) is 4. The van der Waals surface area contributed by atoms with E-state index in [1.54, 1.807) is 42.9 Å². The number of alkyl carbamates (subject to hydrolysis) is 1. The van der Waals surface area contributed by atoms with E-state index < -0.39 is 53.2 Å². The van der Waals surface area contributed by atoms with Gasteiger partial charge in [-0.3, -0.25) is 24.5 Å². The fraction of sp³-hybridized carbons (Fsp3) is 0.375. The highest BCUT2D eigenvalue weighted by molar-refractivity contribution is 6.33. The molecule has 2 heterocycles. The van der Waals surface area contributed by atoms with Crippen LogP contribution in [0.4, 0.5) is 18.0 Å². The Morgan fingerprint density at radius 3 is 2.34 bits per heavy atom. The lowest BCUT2D eigenvalue weighted by Gasteiger charge is -2.35. The number of aromatic nitrogens is 2. The summed E-state index contributed by atoms with van der Waals surface area (Å²) in [7, 11) is 0. The number of benzene rings is 2. The zero-order chi connectivity index (χ0) is 34.4. The second-order valence-electron chi connectivity index (χ2n) is 12.8. The van der Waals surface area contributed by atoms with Gasteiger partial charge in [-0.25, -0.2) is 9.79 Å². The first-order chi connectivity index (χ1) is 22.0. The summed E-state index contributed by atoms with van der Waals surface area (Å²) in [4.78, 5) is 53.7. The lowest BCUT2D eigenvalue weighted by atomic mass is 9.75. The molecule has 5 rings (SSSR count). The normalized spacial score (nSPS) is 19.6. The Morgan fingerprint density at radius 1 is 1.11 bits per heavy atom. The van der Waals surface area contributed by atoms with Gasteiger partial charge in [-0.15, -0.1) is 0 Å². The minimum absolute atomic E-state index is 0.0270. The van der Waals surface area contributed by atoms with E-state index in [4.69, 9.17) is 32.8 Å². The number of carbonyl (C=O) groups is 3. The molecule has 11 nitrogen and oxygen atoms in total. The molecule has 3 aromatic rings. The van der Waals surface area contributed by atoms with Gasteiger partial charge in [-0.1, -0.05) is 62.7 Å². The maximum atomic E-state index is 14.7. The summed E-state index contributed by atoms with van der Waals surface area (Å²) < 4.78 is 45.8. The van der Waals surface area contributed by atoms with Gasteiger partial charge in [-0.05, 0) is 47.9 Å². The minimum Gasteiger partial charge on any atom is -0.447 e. The predicted octanol–water partition coefficient (Wildman–Crippen LogP) is 5.25. The van der Waals surface area contributed by atoms with E-state index in [-0.39, 0.29) is 41.4 Å². The molecule has 2 aliphatic rings. The molecule has 248 valence electrons. The number of halogens is 4. The summed E-state index contributed by atoms with van der Waals surface area (Å²) in [5, 5.41) is 1.93. The van der Waals surface area contributed by atoms with E-state index in [0.29, 0.717) is 11.3 Å². The number of amides is 3. The van der Waals surface area contributed by atoms with Crippen LogP contribution < -0.4 is 16.8 Å². The number of rotatable bonds is 9. The molecule has 3 amide bonds. The van der Waals surface area contributed by atoms with Crippen LogP contribution in [0.25, 0.3) is 11.3 Å². The van der Waals surface area contributed by atoms with Gasteiger partial charge < -0.3 is 21.5 Å². The number of hydrogen-bond donors (Lipinski definition) is 3. The van der Waals surface area contributed by atoms with E-state index in [2.05, 4.69) is 9.97 Å². The highest BCUT2D eigenvalue weighted by Gasteiger charge is 2.64. The van der Waals surface area contributed by atoms with Crippen molar-refractivity contribution in [1.82, 2.24) is 20.2 Å². The molecule has 0 spiro atoms. The van der Waals surface area contributed by atoms with Crippen LogP contribution in [-0.4, -0.2) is 57.1 Å². The van der Waals surface area contributed by atoms with Gasteiger partial charge in [0.1, 0.15) is 12.1 Å². The zero-order valence-electron chi connectivity index (χ0n) is 25.8. The number of nitrogens with two attached hydrogens (primary N) is 2. The Labute approximate surface area is 273 Å². The molecule has 1 fully saturated rings. The third kappa shape index (κ3) is 6.73. The van der Waals surface area contributed by atoms with Crippen molar-refractivity contribution in [2.24, 2.45) is 21.9 Å². The lowest BCUT2D eigenvalue weighted by Crippen LogP contribution is -2.50. The zero-order valence-corrected chi connectivity index (χ0v) is 26.5. The highest BCUT2D eigenvalue weighted by Crippen LogP contribution is 2.49. The van der Waals surface area contributed by atoms with Crippen LogP contribution in [0.1, 0.15) is 67.6 Å². The van der Waals surface area contributed by atoms with Crippen LogP contribution in [0.15, 0.2) is 66.0 Å². The van der Waals surface area contributed by atoms with Crippen molar-refractivity contribution in [3.05, 3.63) is 82.8 Å². The fourth-order valence-electron chi connectivity index (χ4n) is 5.69. The maximum Gasteiger partial charge on any atom is 0.411 e. The number of nitrogens with one attached hydrogen (secondary N) is 1. The lowest BCUT2D eigenvalue weighted by molar-refractivity contribution is -0.164. The topological polar surface area (TPSA) is 166 Å². The second kappa shape index (κ2) is 12.1. The maximum absolute atomic E-state index is 14.7. The summed E-state index contributed by atoms with van der Waals surface area (Å²) in [5.74, 6) is -1.67. The van der Waals surface area contributed by atoms with Gasteiger partial charge in [0.2, 0.25) is 5.91 Å². The predicted molar refractivity (Wildman–Crippen MR) is 167 cm³/mol. The number of primary amides is 1. The molecule has 1 saturated carbocycles. The largest absolute Gasteiger partial charge is 0.447 e. The standard InChI is InChI=1S/C32H33ClF3N7O4/c1-29(2,3)17-31(20-7-4-18(5-8-20)23-15-39-12-13-40-23)26(45)43(27(38)41-31)24(19-6-9-22(33)21(14-19)25(37)44)16-47-28(46)42-30(10-11-30)32(34,35)36/h4-9,12-15,24H,10-11,16-17H2,1-3H3,(H2,37,44)(H2,38,41)(H,42,46)/t24-,31-/m1/s1. The van der Waals surface area contributed by atoms with Gasteiger partial charge in [0.15, 0.2) is 11.5 Å². The molecule has 1 aromatic heterocycles. The molecule has 0 unspecified atom stereocenters. The van der Waals surface area contributed by atoms with Crippen LogP contribution in [-0.2, 0) is 15.1 Å². The number of aliphatic imine (C=N–C) groups is 1. The van der Waals surface area contributed by atoms with Crippen molar-refractivity contribution < 1.29 is 32.3 Å². The van der Waals surface area contributed by atoms with E-state index >= 15 is 0 Å². The SMILES string of the molecule is CC(C)(C)C[C@]1(c2ccc(-c3cnccn3)cc2)N=C(N)N([C@H](COC(=O)NC2(C(F)(F)F)CC2)c2ccc(Cl)c(C(N)=O)c2)C1=O. The highest BCUT2D eigenvalue weighted by atomic mass is 35.5. The fourth-order valence-corrected chi connectivity index (χ4v) is 5.90. The Morgan fingerprint density at radius 2 is 1.79 bits per heavy atom. The van der Waals surface area contributed by atoms with E-state index in [1.807, 2.05) is 26.1 Å². The van der Waals surface area contributed by atoms with Gasteiger partial charge in [-0.2, -0.15) is 13.2 Å². The molecule has 0 saturated heterocycles. The van der Waals surface area contributed by atoms with Crippen molar-refractivity contribution in [1.29, 1.82) is 0 Å². The van der Waals surface area contributed by atoms with Crippen LogP contribution in [0.3, 0.4) is 0 Å². The molecule has 0 radical (unpaired) electrons. The Kier molecular flexibility index (Phi) is 8.69. The summed E-state index contributed by atoms with van der Waals surface area (Å²) in [6, 6.07) is 9.97. The van der Waals surface area contributed by atoms with Gasteiger partial charge in [0.05, 0.1) is 28.5 Å². The summed E-state index contributed by atoms with van der Waals surface area (Å²) in [6.07, 6.45) is -1.67. The smallest absolute Gasteiger partial charge is 0.411 e. The van der Waals surface area contributed by atoms with Crippen LogP contribution in [0, 0.1) is 5.41 Å². The van der Waals surface area contributed by atoms with Gasteiger partial charge >= 0.3 is 12.3 Å². The summed E-state index contributed by atoms with van der Waals surface area (Å²) >= 11 is 6.18. The van der Waals surface area contributed by atoms with E-state index in [1.165, 1.54) is 18.2 Å². The van der Waals surface area contributed by atoms with Crippen LogP contribution in [0.2, 0.25) is 5.02 Å². The van der Waals surface area contributed by atoms with E-state index in [0.717, 1.165) is 10.5 Å². The van der Waals surface area contributed by atoms with Crippen molar-refractivity contribution in [2.45, 2.75) is 63.3 Å². The first-order valence-electron chi connectivity index (χ1n) is 14.6. The van der Waals surface area contributed by atoms with Gasteiger partial charge in [0, 0.05) is 18.0 Å². The molecule has 15 heteroatoms. The van der Waals surface area contributed by atoms with Crippen molar-refractivity contribution in [3.63, 3.8) is 0 Å². The van der Waals surface area contributed by atoms with Crippen molar-refractivity contribution in [2.75, 3.05) is 6.61 Å². The monoisotopic (exact) mass is 671 g/mol. The average Bonchev–Trinajstić information content (AvgIpc) is 3.75. The number of guanidine groups is 1. The molecule has 1 aliphatic heterocycles. The Balaban J connectivity index is 1.53. The number of hydrogen-bond acceptors (Lipinski definition) is 8. The third-order valence-corrected chi connectivity index (χ3v) is 8.42. The molecular formula is C32H33ClF3N7O4.